The number of likely N-dealkylation sites (tertiary alicyclic amines) is 2. The monoisotopic (exact) mass is 237 g/mol. The average molecular weight is 237 g/mol. The molecule has 0 bridgehead atoms. The zero-order chi connectivity index (χ0) is 11.7. The molecule has 0 aromatic heterocycles. The first-order chi connectivity index (χ1) is 8.33. The Morgan fingerprint density at radius 3 is 2.35 bits per heavy atom. The van der Waals surface area contributed by atoms with Gasteiger partial charge in [-0.2, -0.15) is 0 Å². The summed E-state index contributed by atoms with van der Waals surface area (Å²) in [6, 6.07) is 0. The standard InChI is InChI=1S/C13H23N3O/c17-13(16-4-2-1-3-5-16)10-15-8-11-6-14-7-12(11)9-15/h11-12,14H,1-10H2/t11-,12+. The lowest BCUT2D eigenvalue weighted by atomic mass is 10.0. The molecule has 1 N–H and O–H groups in total. The number of carbonyl (C=O) groups is 1. The molecular formula is C13H23N3O. The van der Waals surface area contributed by atoms with E-state index in [4.69, 9.17) is 0 Å². The second-order valence-electron chi connectivity index (χ2n) is 5.81. The van der Waals surface area contributed by atoms with Crippen LogP contribution in [0.1, 0.15) is 19.3 Å². The fourth-order valence-electron chi connectivity index (χ4n) is 3.52. The van der Waals surface area contributed by atoms with E-state index in [1.807, 2.05) is 0 Å². The van der Waals surface area contributed by atoms with Crippen LogP contribution in [-0.4, -0.2) is 61.5 Å². The Morgan fingerprint density at radius 2 is 1.71 bits per heavy atom. The van der Waals surface area contributed by atoms with E-state index in [1.165, 1.54) is 19.3 Å². The lowest BCUT2D eigenvalue weighted by Crippen LogP contribution is -2.42. The molecule has 0 aliphatic carbocycles. The molecule has 3 heterocycles. The highest BCUT2D eigenvalue weighted by Gasteiger charge is 2.36. The maximum atomic E-state index is 12.1. The van der Waals surface area contributed by atoms with Gasteiger partial charge in [0.1, 0.15) is 0 Å². The third kappa shape index (κ3) is 2.47. The molecule has 3 rings (SSSR count). The van der Waals surface area contributed by atoms with Crippen LogP contribution in [0.25, 0.3) is 0 Å². The molecule has 3 saturated heterocycles. The Labute approximate surface area is 103 Å². The van der Waals surface area contributed by atoms with Crippen LogP contribution in [0.15, 0.2) is 0 Å². The zero-order valence-electron chi connectivity index (χ0n) is 10.5. The second-order valence-corrected chi connectivity index (χ2v) is 5.81. The van der Waals surface area contributed by atoms with E-state index in [0.29, 0.717) is 12.5 Å². The van der Waals surface area contributed by atoms with Gasteiger partial charge in [-0.1, -0.05) is 0 Å². The SMILES string of the molecule is O=C(CN1C[C@H]2CNC[C@H]2C1)N1CCCCC1. The Morgan fingerprint density at radius 1 is 1.06 bits per heavy atom. The van der Waals surface area contributed by atoms with Gasteiger partial charge in [-0.25, -0.2) is 0 Å². The van der Waals surface area contributed by atoms with E-state index in [0.717, 1.165) is 51.1 Å². The highest BCUT2D eigenvalue weighted by Crippen LogP contribution is 2.26. The number of hydrogen-bond acceptors (Lipinski definition) is 3. The summed E-state index contributed by atoms with van der Waals surface area (Å²) < 4.78 is 0. The van der Waals surface area contributed by atoms with E-state index in [1.54, 1.807) is 0 Å². The lowest BCUT2D eigenvalue weighted by molar-refractivity contribution is -0.133. The van der Waals surface area contributed by atoms with Crippen LogP contribution in [0.2, 0.25) is 0 Å². The highest BCUT2D eigenvalue weighted by atomic mass is 16.2. The molecule has 0 aromatic rings. The zero-order valence-corrected chi connectivity index (χ0v) is 10.5. The molecule has 17 heavy (non-hydrogen) atoms. The maximum Gasteiger partial charge on any atom is 0.236 e. The molecular weight excluding hydrogens is 214 g/mol. The van der Waals surface area contributed by atoms with Crippen molar-refractivity contribution in [2.75, 3.05) is 45.8 Å². The molecule has 4 heteroatoms. The number of nitrogens with zero attached hydrogens (tertiary/aromatic N) is 2. The predicted octanol–water partition coefficient (Wildman–Crippen LogP) is 0.150. The number of rotatable bonds is 2. The van der Waals surface area contributed by atoms with Crippen LogP contribution in [0, 0.1) is 11.8 Å². The van der Waals surface area contributed by atoms with Crippen LogP contribution < -0.4 is 5.32 Å². The fraction of sp³-hybridized carbons (Fsp3) is 0.923. The molecule has 96 valence electrons. The molecule has 0 unspecified atom stereocenters. The van der Waals surface area contributed by atoms with Gasteiger partial charge in [-0.3, -0.25) is 9.69 Å². The molecule has 0 spiro atoms. The fourth-order valence-corrected chi connectivity index (χ4v) is 3.52. The van der Waals surface area contributed by atoms with Crippen LogP contribution >= 0.6 is 0 Å². The molecule has 3 aliphatic heterocycles. The van der Waals surface area contributed by atoms with E-state index < -0.39 is 0 Å². The van der Waals surface area contributed by atoms with Gasteiger partial charge in [0.25, 0.3) is 0 Å². The summed E-state index contributed by atoms with van der Waals surface area (Å²) in [6.07, 6.45) is 3.69. The predicted molar refractivity (Wildman–Crippen MR) is 66.7 cm³/mol. The third-order valence-corrected chi connectivity index (χ3v) is 4.53. The van der Waals surface area contributed by atoms with Crippen molar-refractivity contribution < 1.29 is 4.79 Å². The van der Waals surface area contributed by atoms with E-state index >= 15 is 0 Å². The topological polar surface area (TPSA) is 35.6 Å². The van der Waals surface area contributed by atoms with Crippen LogP contribution in [0.3, 0.4) is 0 Å². The first-order valence-electron chi connectivity index (χ1n) is 7.04. The van der Waals surface area contributed by atoms with Crippen molar-refractivity contribution in [3.63, 3.8) is 0 Å². The maximum absolute atomic E-state index is 12.1. The molecule has 0 radical (unpaired) electrons. The average Bonchev–Trinajstić information content (AvgIpc) is 2.90. The highest BCUT2D eigenvalue weighted by molar-refractivity contribution is 5.78. The van der Waals surface area contributed by atoms with Crippen molar-refractivity contribution in [2.45, 2.75) is 19.3 Å². The summed E-state index contributed by atoms with van der Waals surface area (Å²) in [5, 5.41) is 3.44. The number of carbonyl (C=O) groups excluding carboxylic acids is 1. The summed E-state index contributed by atoms with van der Waals surface area (Å²) >= 11 is 0. The van der Waals surface area contributed by atoms with Gasteiger partial charge in [0.05, 0.1) is 6.54 Å². The largest absolute Gasteiger partial charge is 0.342 e. The normalized spacial score (nSPS) is 34.0. The minimum atomic E-state index is 0.359. The molecule has 0 saturated carbocycles. The van der Waals surface area contributed by atoms with Gasteiger partial charge in [0, 0.05) is 26.2 Å². The van der Waals surface area contributed by atoms with Crippen molar-refractivity contribution in [3.8, 4) is 0 Å². The van der Waals surface area contributed by atoms with Gasteiger partial charge < -0.3 is 10.2 Å². The molecule has 0 aromatic carbocycles. The minimum Gasteiger partial charge on any atom is -0.342 e. The Hall–Kier alpha value is -0.610. The van der Waals surface area contributed by atoms with Gasteiger partial charge in [0.15, 0.2) is 0 Å². The summed E-state index contributed by atoms with van der Waals surface area (Å²) in [4.78, 5) is 16.6. The third-order valence-electron chi connectivity index (χ3n) is 4.53. The number of fused-ring (bicyclic) bond motifs is 1. The van der Waals surface area contributed by atoms with Crippen LogP contribution in [0.4, 0.5) is 0 Å². The Kier molecular flexibility index (Phi) is 3.34. The van der Waals surface area contributed by atoms with E-state index in [9.17, 15) is 4.79 Å². The lowest BCUT2D eigenvalue weighted by Gasteiger charge is -2.28. The summed E-state index contributed by atoms with van der Waals surface area (Å²) in [5.74, 6) is 1.95. The molecule has 2 atom stereocenters. The molecule has 4 nitrogen and oxygen atoms in total. The van der Waals surface area contributed by atoms with Crippen LogP contribution in [-0.2, 0) is 4.79 Å². The van der Waals surface area contributed by atoms with E-state index in [-0.39, 0.29) is 0 Å². The quantitative estimate of drug-likeness (QED) is 0.742. The van der Waals surface area contributed by atoms with Crippen molar-refractivity contribution >= 4 is 5.91 Å². The Bertz CT molecular complexity index is 276. The molecule has 1 amide bonds. The first kappa shape index (κ1) is 11.5. The number of piperidine rings is 1. The van der Waals surface area contributed by atoms with Gasteiger partial charge in [0.2, 0.25) is 5.91 Å². The Balaban J connectivity index is 1.48. The van der Waals surface area contributed by atoms with Crippen molar-refractivity contribution in [1.29, 1.82) is 0 Å². The van der Waals surface area contributed by atoms with Crippen molar-refractivity contribution in [1.82, 2.24) is 15.1 Å². The van der Waals surface area contributed by atoms with Crippen molar-refractivity contribution in [3.05, 3.63) is 0 Å². The minimum absolute atomic E-state index is 0.359. The van der Waals surface area contributed by atoms with E-state index in [2.05, 4.69) is 15.1 Å². The van der Waals surface area contributed by atoms with Crippen LogP contribution in [0.5, 0.6) is 0 Å². The number of hydrogen-bond donors (Lipinski definition) is 1. The van der Waals surface area contributed by atoms with Crippen molar-refractivity contribution in [2.24, 2.45) is 11.8 Å². The smallest absolute Gasteiger partial charge is 0.236 e. The van der Waals surface area contributed by atoms with Gasteiger partial charge >= 0.3 is 0 Å². The molecule has 3 fully saturated rings. The van der Waals surface area contributed by atoms with Gasteiger partial charge in [-0.05, 0) is 44.2 Å². The van der Waals surface area contributed by atoms with Gasteiger partial charge in [-0.15, -0.1) is 0 Å². The number of nitrogens with one attached hydrogen (secondary N) is 1. The number of amides is 1. The summed E-state index contributed by atoms with van der Waals surface area (Å²) in [5.41, 5.74) is 0. The summed E-state index contributed by atoms with van der Waals surface area (Å²) in [6.45, 7) is 7.18. The first-order valence-corrected chi connectivity index (χ1v) is 7.04. The molecule has 3 aliphatic rings. The second kappa shape index (κ2) is 4.94. The summed E-state index contributed by atoms with van der Waals surface area (Å²) in [7, 11) is 0.